The van der Waals surface area contributed by atoms with Crippen molar-refractivity contribution in [2.45, 2.75) is 18.9 Å². The molecule has 112 valence electrons. The number of hydrogen-bond acceptors (Lipinski definition) is 3. The van der Waals surface area contributed by atoms with Crippen molar-refractivity contribution in [3.63, 3.8) is 0 Å². The number of hydrogen-bond donors (Lipinski definition) is 1. The van der Waals surface area contributed by atoms with Crippen LogP contribution in [-0.4, -0.2) is 37.0 Å². The molecule has 0 radical (unpaired) electrons. The molecule has 1 atom stereocenters. The van der Waals surface area contributed by atoms with Crippen molar-refractivity contribution in [3.8, 4) is 0 Å². The van der Waals surface area contributed by atoms with E-state index in [0.29, 0.717) is 14.9 Å². The number of carbonyl (C=O) groups excluding carboxylic acids is 1. The number of likely N-dealkylation sites (tertiary alicyclic amines) is 1. The standard InChI is InChI=1S/C15H16Cl2N2OS/c1-18-8-10-3-2-6-19(10)15(20)14-13(17)11-5-4-9(16)7-12(11)21-14/h4-5,7,10,18H,2-3,6,8H2,1H3. The maximum atomic E-state index is 12.8. The fourth-order valence-electron chi connectivity index (χ4n) is 2.86. The molecule has 2 aromatic rings. The van der Waals surface area contributed by atoms with Crippen LogP contribution in [0.3, 0.4) is 0 Å². The number of thiophene rings is 1. The van der Waals surface area contributed by atoms with Crippen LogP contribution in [0.15, 0.2) is 18.2 Å². The monoisotopic (exact) mass is 342 g/mol. The third kappa shape index (κ3) is 2.78. The van der Waals surface area contributed by atoms with E-state index in [1.807, 2.05) is 24.1 Å². The van der Waals surface area contributed by atoms with E-state index in [-0.39, 0.29) is 11.9 Å². The van der Waals surface area contributed by atoms with E-state index in [4.69, 9.17) is 23.2 Å². The highest BCUT2D eigenvalue weighted by molar-refractivity contribution is 7.21. The molecule has 1 aliphatic heterocycles. The molecule has 1 unspecified atom stereocenters. The first kappa shape index (κ1) is 15.1. The van der Waals surface area contributed by atoms with E-state index in [9.17, 15) is 4.79 Å². The van der Waals surface area contributed by atoms with Crippen LogP contribution >= 0.6 is 34.5 Å². The van der Waals surface area contributed by atoms with Gasteiger partial charge in [-0.25, -0.2) is 0 Å². The number of halogens is 2. The van der Waals surface area contributed by atoms with Crippen molar-refractivity contribution in [2.75, 3.05) is 20.1 Å². The van der Waals surface area contributed by atoms with Crippen molar-refractivity contribution in [1.29, 1.82) is 0 Å². The van der Waals surface area contributed by atoms with Gasteiger partial charge in [0.25, 0.3) is 5.91 Å². The lowest BCUT2D eigenvalue weighted by Crippen LogP contribution is -2.40. The smallest absolute Gasteiger partial charge is 0.265 e. The van der Waals surface area contributed by atoms with Crippen molar-refractivity contribution in [2.24, 2.45) is 0 Å². The fourth-order valence-corrected chi connectivity index (χ4v) is 4.60. The first-order chi connectivity index (χ1) is 10.1. The molecule has 1 aliphatic rings. The summed E-state index contributed by atoms with van der Waals surface area (Å²) in [5.74, 6) is 0.0371. The normalized spacial score (nSPS) is 18.6. The molecule has 0 bridgehead atoms. The summed E-state index contributed by atoms with van der Waals surface area (Å²) in [6, 6.07) is 5.80. The number of benzene rings is 1. The topological polar surface area (TPSA) is 32.3 Å². The molecular formula is C15H16Cl2N2OS. The molecule has 1 N–H and O–H groups in total. The van der Waals surface area contributed by atoms with E-state index in [1.165, 1.54) is 11.3 Å². The molecule has 3 nitrogen and oxygen atoms in total. The Hall–Kier alpha value is -0.810. The van der Waals surface area contributed by atoms with Crippen molar-refractivity contribution >= 4 is 50.5 Å². The molecule has 1 aromatic carbocycles. The summed E-state index contributed by atoms with van der Waals surface area (Å²) < 4.78 is 0.959. The van der Waals surface area contributed by atoms with Gasteiger partial charge < -0.3 is 10.2 Å². The summed E-state index contributed by atoms with van der Waals surface area (Å²) in [6.45, 7) is 1.62. The molecule has 0 saturated carbocycles. The first-order valence-corrected chi connectivity index (χ1v) is 8.52. The van der Waals surface area contributed by atoms with Crippen molar-refractivity contribution in [3.05, 3.63) is 33.1 Å². The summed E-state index contributed by atoms with van der Waals surface area (Å²) in [7, 11) is 1.91. The lowest BCUT2D eigenvalue weighted by atomic mass is 10.2. The maximum absolute atomic E-state index is 12.8. The van der Waals surface area contributed by atoms with Gasteiger partial charge in [0.15, 0.2) is 0 Å². The first-order valence-electron chi connectivity index (χ1n) is 6.95. The molecule has 1 saturated heterocycles. The predicted molar refractivity (Wildman–Crippen MR) is 89.8 cm³/mol. The molecular weight excluding hydrogens is 327 g/mol. The third-order valence-electron chi connectivity index (χ3n) is 3.86. The number of fused-ring (bicyclic) bond motifs is 1. The highest BCUT2D eigenvalue weighted by Gasteiger charge is 2.31. The zero-order chi connectivity index (χ0) is 15.0. The Balaban J connectivity index is 1.96. The maximum Gasteiger partial charge on any atom is 0.265 e. The van der Waals surface area contributed by atoms with Crippen LogP contribution in [0.2, 0.25) is 10.0 Å². The summed E-state index contributed by atoms with van der Waals surface area (Å²) in [6.07, 6.45) is 2.09. The van der Waals surface area contributed by atoms with Gasteiger partial charge in [0.1, 0.15) is 4.88 Å². The van der Waals surface area contributed by atoms with Crippen molar-refractivity contribution in [1.82, 2.24) is 10.2 Å². The van der Waals surface area contributed by atoms with Crippen LogP contribution in [0.5, 0.6) is 0 Å². The fraction of sp³-hybridized carbons (Fsp3) is 0.400. The Morgan fingerprint density at radius 1 is 1.48 bits per heavy atom. The minimum absolute atomic E-state index is 0.0371. The molecule has 21 heavy (non-hydrogen) atoms. The third-order valence-corrected chi connectivity index (χ3v) is 5.74. The van der Waals surface area contributed by atoms with E-state index >= 15 is 0 Å². The number of likely N-dealkylation sites (N-methyl/N-ethyl adjacent to an activating group) is 1. The highest BCUT2D eigenvalue weighted by atomic mass is 35.5. The second kappa shape index (κ2) is 6.13. The largest absolute Gasteiger partial charge is 0.334 e. The van der Waals surface area contributed by atoms with Gasteiger partial charge >= 0.3 is 0 Å². The molecule has 1 fully saturated rings. The van der Waals surface area contributed by atoms with E-state index < -0.39 is 0 Å². The molecule has 0 aliphatic carbocycles. The Morgan fingerprint density at radius 2 is 2.29 bits per heavy atom. The molecule has 0 spiro atoms. The quantitative estimate of drug-likeness (QED) is 0.913. The number of rotatable bonds is 3. The van der Waals surface area contributed by atoms with Crippen LogP contribution in [0.25, 0.3) is 10.1 Å². The average Bonchev–Trinajstić information content (AvgIpc) is 3.04. The van der Waals surface area contributed by atoms with Crippen LogP contribution < -0.4 is 5.32 Å². The predicted octanol–water partition coefficient (Wildman–Crippen LogP) is 4.03. The van der Waals surface area contributed by atoms with Gasteiger partial charge in [-0.05, 0) is 32.0 Å². The zero-order valence-corrected chi connectivity index (χ0v) is 14.0. The Labute approximate surface area is 137 Å². The van der Waals surface area contributed by atoms with Crippen LogP contribution in [0.1, 0.15) is 22.5 Å². The van der Waals surface area contributed by atoms with E-state index in [2.05, 4.69) is 5.32 Å². The number of nitrogens with zero attached hydrogens (tertiary/aromatic N) is 1. The van der Waals surface area contributed by atoms with E-state index in [1.54, 1.807) is 6.07 Å². The van der Waals surface area contributed by atoms with Gasteiger partial charge in [-0.15, -0.1) is 11.3 Å². The van der Waals surface area contributed by atoms with Gasteiger partial charge in [0.2, 0.25) is 0 Å². The molecule has 2 heterocycles. The highest BCUT2D eigenvalue weighted by Crippen LogP contribution is 2.38. The van der Waals surface area contributed by atoms with Crippen molar-refractivity contribution < 1.29 is 4.79 Å². The number of carbonyl (C=O) groups is 1. The van der Waals surface area contributed by atoms with Crippen LogP contribution in [0.4, 0.5) is 0 Å². The minimum Gasteiger partial charge on any atom is -0.334 e. The number of amides is 1. The van der Waals surface area contributed by atoms with Gasteiger partial charge in [-0.1, -0.05) is 29.3 Å². The minimum atomic E-state index is 0.0371. The van der Waals surface area contributed by atoms with E-state index in [0.717, 1.165) is 36.0 Å². The summed E-state index contributed by atoms with van der Waals surface area (Å²) in [5, 5.41) is 5.26. The van der Waals surface area contributed by atoms with Gasteiger partial charge in [-0.2, -0.15) is 0 Å². The lowest BCUT2D eigenvalue weighted by Gasteiger charge is -2.24. The Morgan fingerprint density at radius 3 is 3.05 bits per heavy atom. The molecule has 1 amide bonds. The Kier molecular flexibility index (Phi) is 4.41. The summed E-state index contributed by atoms with van der Waals surface area (Å²) >= 11 is 13.8. The second-order valence-electron chi connectivity index (χ2n) is 5.24. The van der Waals surface area contributed by atoms with Gasteiger partial charge in [0, 0.05) is 34.2 Å². The Bertz CT molecular complexity index is 686. The van der Waals surface area contributed by atoms with Crippen LogP contribution in [0, 0.1) is 0 Å². The lowest BCUT2D eigenvalue weighted by molar-refractivity contribution is 0.0742. The molecule has 3 rings (SSSR count). The summed E-state index contributed by atoms with van der Waals surface area (Å²) in [5.41, 5.74) is 0. The second-order valence-corrected chi connectivity index (χ2v) is 7.10. The van der Waals surface area contributed by atoms with Gasteiger partial charge in [-0.3, -0.25) is 4.79 Å². The zero-order valence-electron chi connectivity index (χ0n) is 11.7. The summed E-state index contributed by atoms with van der Waals surface area (Å²) in [4.78, 5) is 15.4. The SMILES string of the molecule is CNCC1CCCN1C(=O)c1sc2cc(Cl)ccc2c1Cl. The number of nitrogens with one attached hydrogen (secondary N) is 1. The molecule has 1 aromatic heterocycles. The molecule has 6 heteroatoms. The van der Waals surface area contributed by atoms with Crippen LogP contribution in [-0.2, 0) is 0 Å². The van der Waals surface area contributed by atoms with Gasteiger partial charge in [0.05, 0.1) is 5.02 Å². The average molecular weight is 343 g/mol.